The summed E-state index contributed by atoms with van der Waals surface area (Å²) >= 11 is 0. The maximum Gasteiger partial charge on any atom is 0.350 e. The van der Waals surface area contributed by atoms with Crippen molar-refractivity contribution in [1.29, 1.82) is 0 Å². The molecule has 1 heterocycles. The quantitative estimate of drug-likeness (QED) is 0.923. The predicted octanol–water partition coefficient (Wildman–Crippen LogP) is 2.66. The van der Waals surface area contributed by atoms with E-state index in [0.29, 0.717) is 18.3 Å². The van der Waals surface area contributed by atoms with Gasteiger partial charge in [0.25, 0.3) is 0 Å². The van der Waals surface area contributed by atoms with E-state index in [1.54, 1.807) is 18.5 Å². The van der Waals surface area contributed by atoms with Gasteiger partial charge in [-0.25, -0.2) is 4.79 Å². The van der Waals surface area contributed by atoms with Crippen LogP contribution in [0, 0.1) is 5.41 Å². The maximum atomic E-state index is 11.7. The van der Waals surface area contributed by atoms with Gasteiger partial charge < -0.3 is 9.94 Å². The number of carboxylic acids is 1. The van der Waals surface area contributed by atoms with E-state index in [4.69, 9.17) is 4.84 Å². The van der Waals surface area contributed by atoms with Gasteiger partial charge in [-0.3, -0.25) is 0 Å². The van der Waals surface area contributed by atoms with E-state index >= 15 is 0 Å². The van der Waals surface area contributed by atoms with E-state index in [-0.39, 0.29) is 0 Å². The van der Waals surface area contributed by atoms with Gasteiger partial charge in [0.1, 0.15) is 0 Å². The highest BCUT2D eigenvalue weighted by molar-refractivity contribution is 5.77. The van der Waals surface area contributed by atoms with Crippen molar-refractivity contribution in [3.8, 4) is 0 Å². The molecule has 110 valence electrons. The molecule has 0 amide bonds. The van der Waals surface area contributed by atoms with Crippen molar-refractivity contribution in [2.24, 2.45) is 5.41 Å². The number of hydrogen-bond donors (Lipinski definition) is 1. The fraction of sp³-hybridized carbons (Fsp3) is 0.733. The molecule has 5 nitrogen and oxygen atoms in total. The van der Waals surface area contributed by atoms with Gasteiger partial charge in [-0.2, -0.15) is 0 Å². The fourth-order valence-electron chi connectivity index (χ4n) is 3.82. The first-order chi connectivity index (χ1) is 9.64. The molecular weight excluding hydrogens is 256 g/mol. The Morgan fingerprint density at radius 1 is 1.10 bits per heavy atom. The number of carbonyl (C=O) groups is 1. The Morgan fingerprint density at radius 2 is 1.80 bits per heavy atom. The van der Waals surface area contributed by atoms with E-state index in [9.17, 15) is 9.90 Å². The third-order valence-electron chi connectivity index (χ3n) is 5.17. The molecule has 1 aromatic rings. The number of nitrogens with zero attached hydrogens (tertiary/aromatic N) is 2. The minimum Gasteiger partial charge on any atom is -0.478 e. The molecule has 0 aromatic carbocycles. The van der Waals surface area contributed by atoms with Crippen molar-refractivity contribution in [3.63, 3.8) is 0 Å². The van der Waals surface area contributed by atoms with Crippen LogP contribution in [0.15, 0.2) is 18.5 Å². The van der Waals surface area contributed by atoms with E-state index < -0.39 is 11.6 Å². The minimum atomic E-state index is -1.10. The van der Waals surface area contributed by atoms with Gasteiger partial charge in [0, 0.05) is 12.8 Å². The maximum absolute atomic E-state index is 11.7. The van der Waals surface area contributed by atoms with E-state index in [1.165, 1.54) is 36.9 Å². The van der Waals surface area contributed by atoms with Gasteiger partial charge in [-0.1, -0.05) is 19.3 Å². The lowest BCUT2D eigenvalue weighted by Crippen LogP contribution is -2.52. The van der Waals surface area contributed by atoms with Crippen molar-refractivity contribution in [2.75, 3.05) is 0 Å². The zero-order valence-corrected chi connectivity index (χ0v) is 11.8. The summed E-state index contributed by atoms with van der Waals surface area (Å²) in [5.74, 6) is -0.862. The van der Waals surface area contributed by atoms with Crippen molar-refractivity contribution in [3.05, 3.63) is 18.5 Å². The average Bonchev–Trinajstić information content (AvgIpc) is 2.95. The van der Waals surface area contributed by atoms with E-state index in [0.717, 1.165) is 12.8 Å². The van der Waals surface area contributed by atoms with Crippen LogP contribution in [-0.2, 0) is 4.79 Å². The summed E-state index contributed by atoms with van der Waals surface area (Å²) in [5.41, 5.74) is -0.723. The van der Waals surface area contributed by atoms with Crippen molar-refractivity contribution in [1.82, 2.24) is 9.94 Å². The molecule has 0 saturated heterocycles. The zero-order valence-electron chi connectivity index (χ0n) is 11.8. The topological polar surface area (TPSA) is 64.3 Å². The summed E-state index contributed by atoms with van der Waals surface area (Å²) in [5, 5.41) is 13.6. The molecule has 20 heavy (non-hydrogen) atoms. The Morgan fingerprint density at radius 3 is 2.35 bits per heavy atom. The molecule has 2 aliphatic rings. The van der Waals surface area contributed by atoms with Crippen LogP contribution >= 0.6 is 0 Å². The normalized spacial score (nSPS) is 24.4. The first kappa shape index (κ1) is 13.5. The van der Waals surface area contributed by atoms with Crippen LogP contribution in [0.25, 0.3) is 0 Å². The molecule has 0 aliphatic heterocycles. The third kappa shape index (κ3) is 2.41. The van der Waals surface area contributed by atoms with Gasteiger partial charge in [-0.15, -0.1) is 9.94 Å². The molecule has 5 heteroatoms. The molecular formula is C15H22N2O3. The third-order valence-corrected chi connectivity index (χ3v) is 5.17. The Labute approximate surface area is 118 Å². The molecule has 0 unspecified atom stereocenters. The summed E-state index contributed by atoms with van der Waals surface area (Å²) in [4.78, 5) is 18.7. The van der Waals surface area contributed by atoms with E-state index in [2.05, 4.69) is 5.10 Å². The largest absolute Gasteiger partial charge is 0.478 e. The van der Waals surface area contributed by atoms with Gasteiger partial charge in [0.2, 0.25) is 5.60 Å². The smallest absolute Gasteiger partial charge is 0.350 e. The fourth-order valence-corrected chi connectivity index (χ4v) is 3.82. The first-order valence-corrected chi connectivity index (χ1v) is 7.57. The van der Waals surface area contributed by atoms with Crippen LogP contribution in [0.4, 0.5) is 0 Å². The lowest BCUT2D eigenvalue weighted by Gasteiger charge is -2.45. The molecule has 2 fully saturated rings. The summed E-state index contributed by atoms with van der Waals surface area (Å²) in [6, 6.07) is 1.74. The Kier molecular flexibility index (Phi) is 3.44. The highest BCUT2D eigenvalue weighted by atomic mass is 16.7. The van der Waals surface area contributed by atoms with Crippen molar-refractivity contribution >= 4 is 5.97 Å². The summed E-state index contributed by atoms with van der Waals surface area (Å²) in [6.07, 6.45) is 12.8. The average molecular weight is 278 g/mol. The number of aliphatic carboxylic acids is 1. The molecule has 1 spiro atoms. The van der Waals surface area contributed by atoms with Gasteiger partial charge in [-0.05, 0) is 37.2 Å². The second kappa shape index (κ2) is 5.11. The van der Waals surface area contributed by atoms with Gasteiger partial charge in [0.15, 0.2) is 0 Å². The second-order valence-electron chi connectivity index (χ2n) is 6.36. The first-order valence-electron chi connectivity index (χ1n) is 7.57. The second-order valence-corrected chi connectivity index (χ2v) is 6.36. The van der Waals surface area contributed by atoms with Crippen molar-refractivity contribution in [2.45, 2.75) is 63.4 Å². The minimum absolute atomic E-state index is 0.380. The zero-order chi connectivity index (χ0) is 14.1. The number of aromatic nitrogens is 2. The van der Waals surface area contributed by atoms with Gasteiger partial charge in [0.05, 0.1) is 12.4 Å². The SMILES string of the molecule is O=C(O)C1(On2cccn2)CCC2(CCCCC2)CC1. The monoisotopic (exact) mass is 278 g/mol. The Balaban J connectivity index is 1.72. The van der Waals surface area contributed by atoms with Gasteiger partial charge >= 0.3 is 5.97 Å². The highest BCUT2D eigenvalue weighted by Crippen LogP contribution is 2.50. The lowest BCUT2D eigenvalue weighted by atomic mass is 9.62. The molecule has 0 radical (unpaired) electrons. The Hall–Kier alpha value is -1.52. The molecule has 3 rings (SSSR count). The number of rotatable bonds is 3. The molecule has 2 aliphatic carbocycles. The van der Waals surface area contributed by atoms with E-state index in [1.807, 2.05) is 0 Å². The summed E-state index contributed by atoms with van der Waals surface area (Å²) in [6.45, 7) is 0. The number of carboxylic acid groups (broad SMARTS) is 1. The van der Waals surface area contributed by atoms with Crippen LogP contribution in [0.2, 0.25) is 0 Å². The molecule has 0 atom stereocenters. The lowest BCUT2D eigenvalue weighted by molar-refractivity contribution is -0.179. The summed E-state index contributed by atoms with van der Waals surface area (Å²) < 4.78 is 0. The predicted molar refractivity (Wildman–Crippen MR) is 73.2 cm³/mol. The van der Waals surface area contributed by atoms with Crippen LogP contribution < -0.4 is 4.84 Å². The Bertz CT molecular complexity index is 453. The van der Waals surface area contributed by atoms with Crippen LogP contribution in [0.3, 0.4) is 0 Å². The van der Waals surface area contributed by atoms with Crippen LogP contribution in [0.1, 0.15) is 57.8 Å². The van der Waals surface area contributed by atoms with Crippen molar-refractivity contribution < 1.29 is 14.7 Å². The molecule has 0 bridgehead atoms. The molecule has 2 saturated carbocycles. The van der Waals surface area contributed by atoms with Crippen LogP contribution in [-0.4, -0.2) is 26.6 Å². The summed E-state index contributed by atoms with van der Waals surface area (Å²) in [7, 11) is 0. The molecule has 1 aromatic heterocycles. The highest BCUT2D eigenvalue weighted by Gasteiger charge is 2.50. The standard InChI is InChI=1S/C15H22N2O3/c18-13(19)15(20-17-12-4-11-16-17)9-7-14(8-10-15)5-2-1-3-6-14/h4,11-12H,1-3,5-10H2,(H,18,19). The molecule has 1 N–H and O–H groups in total. The number of hydrogen-bond acceptors (Lipinski definition) is 3. The van der Waals surface area contributed by atoms with Crippen LogP contribution in [0.5, 0.6) is 0 Å².